The van der Waals surface area contributed by atoms with Crippen molar-refractivity contribution in [2.75, 3.05) is 29.9 Å². The number of piperidine rings is 1. The minimum atomic E-state index is -0.810. The number of carbonyl (C=O) groups is 1. The van der Waals surface area contributed by atoms with E-state index in [4.69, 9.17) is 9.47 Å². The fourth-order valence-electron chi connectivity index (χ4n) is 3.37. The molecule has 2 aromatic carbocycles. The van der Waals surface area contributed by atoms with Crippen molar-refractivity contribution < 1.29 is 24.5 Å². The smallest absolute Gasteiger partial charge is 0.269 e. The number of nitrogens with one attached hydrogen (secondary N) is 1. The Hall–Kier alpha value is -2.93. The monoisotopic (exact) mass is 370 g/mol. The first-order chi connectivity index (χ1) is 13.1. The molecular weight excluding hydrogens is 348 g/mol. The Kier molecular flexibility index (Phi) is 4.77. The lowest BCUT2D eigenvalue weighted by Gasteiger charge is -2.33. The molecule has 2 aliphatic heterocycles. The van der Waals surface area contributed by atoms with Crippen molar-refractivity contribution in [2.45, 2.75) is 25.0 Å². The van der Waals surface area contributed by atoms with Gasteiger partial charge < -0.3 is 29.9 Å². The molecule has 2 aliphatic rings. The van der Waals surface area contributed by atoms with Gasteiger partial charge in [0, 0.05) is 19.2 Å². The number of ether oxygens (including phenoxy) is 2. The van der Waals surface area contributed by atoms with Crippen LogP contribution < -0.4 is 19.7 Å². The maximum Gasteiger partial charge on any atom is 0.269 e. The predicted octanol–water partition coefficient (Wildman–Crippen LogP) is 2.13. The van der Waals surface area contributed by atoms with E-state index in [9.17, 15) is 15.0 Å². The molecule has 2 aromatic rings. The number of hydrogen-bond acceptors (Lipinski definition) is 6. The number of anilines is 2. The van der Waals surface area contributed by atoms with E-state index in [1.165, 1.54) is 12.1 Å². The van der Waals surface area contributed by atoms with Crippen LogP contribution in [0.1, 0.15) is 12.8 Å². The third-order valence-corrected chi connectivity index (χ3v) is 4.85. The van der Waals surface area contributed by atoms with Crippen LogP contribution in [0.4, 0.5) is 11.4 Å². The van der Waals surface area contributed by atoms with Crippen molar-refractivity contribution in [2.24, 2.45) is 0 Å². The first kappa shape index (κ1) is 17.5. The molecule has 1 fully saturated rings. The van der Waals surface area contributed by atoms with Gasteiger partial charge in [0.05, 0.1) is 17.5 Å². The van der Waals surface area contributed by atoms with Crippen LogP contribution >= 0.6 is 0 Å². The van der Waals surface area contributed by atoms with Gasteiger partial charge in [-0.05, 0) is 37.1 Å². The molecule has 1 saturated heterocycles. The molecule has 1 amide bonds. The summed E-state index contributed by atoms with van der Waals surface area (Å²) < 4.78 is 11.3. The SMILES string of the molecule is O=C(Nc1ccccc1N1CCC(O)CC1)C1COc2ccc(O)cc2O1. The summed E-state index contributed by atoms with van der Waals surface area (Å²) in [6, 6.07) is 12.1. The summed E-state index contributed by atoms with van der Waals surface area (Å²) in [5.74, 6) is 0.591. The van der Waals surface area contributed by atoms with Crippen molar-refractivity contribution in [3.8, 4) is 17.2 Å². The minimum absolute atomic E-state index is 0.0519. The number of nitrogens with zero attached hydrogens (tertiary/aromatic N) is 1. The van der Waals surface area contributed by atoms with Crippen LogP contribution in [0.2, 0.25) is 0 Å². The molecule has 7 nitrogen and oxygen atoms in total. The topological polar surface area (TPSA) is 91.3 Å². The van der Waals surface area contributed by atoms with Crippen LogP contribution in [-0.2, 0) is 4.79 Å². The number of phenols is 1. The van der Waals surface area contributed by atoms with Crippen LogP contribution in [-0.4, -0.2) is 48.0 Å². The third kappa shape index (κ3) is 3.78. The van der Waals surface area contributed by atoms with Gasteiger partial charge in [-0.1, -0.05) is 12.1 Å². The molecule has 0 saturated carbocycles. The number of phenolic OH excluding ortho intramolecular Hbond substituents is 1. The Balaban J connectivity index is 1.47. The summed E-state index contributed by atoms with van der Waals surface area (Å²) in [6.07, 6.45) is 0.354. The Morgan fingerprint density at radius 2 is 1.89 bits per heavy atom. The van der Waals surface area contributed by atoms with Crippen molar-refractivity contribution in [1.82, 2.24) is 0 Å². The molecule has 7 heteroatoms. The maximum atomic E-state index is 12.7. The second-order valence-corrected chi connectivity index (χ2v) is 6.77. The highest BCUT2D eigenvalue weighted by Gasteiger charge is 2.29. The largest absolute Gasteiger partial charge is 0.508 e. The van der Waals surface area contributed by atoms with Crippen LogP contribution in [0.5, 0.6) is 17.2 Å². The second kappa shape index (κ2) is 7.36. The van der Waals surface area contributed by atoms with Crippen molar-refractivity contribution in [1.29, 1.82) is 0 Å². The molecule has 27 heavy (non-hydrogen) atoms. The van der Waals surface area contributed by atoms with Crippen LogP contribution in [0, 0.1) is 0 Å². The molecule has 2 heterocycles. The van der Waals surface area contributed by atoms with Crippen molar-refractivity contribution in [3.63, 3.8) is 0 Å². The predicted molar refractivity (Wildman–Crippen MR) is 101 cm³/mol. The number of aromatic hydroxyl groups is 1. The lowest BCUT2D eigenvalue weighted by atomic mass is 10.1. The molecule has 0 aliphatic carbocycles. The summed E-state index contributed by atoms with van der Waals surface area (Å²) in [5, 5.41) is 22.2. The summed E-state index contributed by atoms with van der Waals surface area (Å²) in [5.41, 5.74) is 1.62. The summed E-state index contributed by atoms with van der Waals surface area (Å²) in [6.45, 7) is 1.58. The molecule has 1 atom stereocenters. The number of carbonyl (C=O) groups excluding carboxylic acids is 1. The van der Waals surface area contributed by atoms with Gasteiger partial charge in [0.15, 0.2) is 11.5 Å². The molecule has 3 N–H and O–H groups in total. The number of para-hydroxylation sites is 2. The van der Waals surface area contributed by atoms with Crippen molar-refractivity contribution in [3.05, 3.63) is 42.5 Å². The maximum absolute atomic E-state index is 12.7. The standard InChI is InChI=1S/C20H22N2O5/c23-13-7-9-22(10-8-13)16-4-2-1-3-15(16)21-20(25)19-12-26-17-6-5-14(24)11-18(17)27-19/h1-6,11,13,19,23-24H,7-10,12H2,(H,21,25). The molecule has 0 aromatic heterocycles. The number of fused-ring (bicyclic) bond motifs is 1. The molecular formula is C20H22N2O5. The van der Waals surface area contributed by atoms with Gasteiger partial charge >= 0.3 is 0 Å². The number of hydrogen-bond donors (Lipinski definition) is 3. The minimum Gasteiger partial charge on any atom is -0.508 e. The lowest BCUT2D eigenvalue weighted by Crippen LogP contribution is -2.41. The average molecular weight is 370 g/mol. The zero-order valence-electron chi connectivity index (χ0n) is 14.8. The van der Waals surface area contributed by atoms with Gasteiger partial charge in [0.1, 0.15) is 12.4 Å². The molecule has 0 spiro atoms. The van der Waals surface area contributed by atoms with Gasteiger partial charge in [0.25, 0.3) is 5.91 Å². The van der Waals surface area contributed by atoms with Crippen LogP contribution in [0.25, 0.3) is 0 Å². The Labute approximate surface area is 157 Å². The average Bonchev–Trinajstić information content (AvgIpc) is 2.68. The van der Waals surface area contributed by atoms with E-state index in [1.807, 2.05) is 24.3 Å². The van der Waals surface area contributed by atoms with E-state index in [-0.39, 0.29) is 24.4 Å². The van der Waals surface area contributed by atoms with E-state index < -0.39 is 6.10 Å². The first-order valence-electron chi connectivity index (χ1n) is 9.05. The third-order valence-electron chi connectivity index (χ3n) is 4.85. The molecule has 1 unspecified atom stereocenters. The van der Waals surface area contributed by atoms with E-state index >= 15 is 0 Å². The van der Waals surface area contributed by atoms with Crippen molar-refractivity contribution >= 4 is 17.3 Å². The Morgan fingerprint density at radius 1 is 1.11 bits per heavy atom. The highest BCUT2D eigenvalue weighted by Crippen LogP contribution is 2.35. The van der Waals surface area contributed by atoms with Gasteiger partial charge in [0.2, 0.25) is 6.10 Å². The normalized spacial score (nSPS) is 19.6. The number of aliphatic hydroxyl groups excluding tert-OH is 1. The van der Waals surface area contributed by atoms with E-state index in [0.717, 1.165) is 18.8 Å². The summed E-state index contributed by atoms with van der Waals surface area (Å²) in [4.78, 5) is 14.9. The van der Waals surface area contributed by atoms with E-state index in [1.54, 1.807) is 6.07 Å². The number of amides is 1. The number of benzene rings is 2. The number of rotatable bonds is 3. The highest BCUT2D eigenvalue weighted by atomic mass is 16.6. The first-order valence-corrected chi connectivity index (χ1v) is 9.05. The highest BCUT2D eigenvalue weighted by molar-refractivity contribution is 5.97. The zero-order valence-corrected chi connectivity index (χ0v) is 14.8. The molecule has 0 bridgehead atoms. The quantitative estimate of drug-likeness (QED) is 0.767. The van der Waals surface area contributed by atoms with E-state index in [2.05, 4.69) is 10.2 Å². The summed E-state index contributed by atoms with van der Waals surface area (Å²) in [7, 11) is 0. The molecule has 4 rings (SSSR count). The second-order valence-electron chi connectivity index (χ2n) is 6.77. The molecule has 142 valence electrons. The van der Waals surface area contributed by atoms with Gasteiger partial charge in [-0.3, -0.25) is 4.79 Å². The fraction of sp³-hybridized carbons (Fsp3) is 0.350. The Morgan fingerprint density at radius 3 is 2.70 bits per heavy atom. The lowest BCUT2D eigenvalue weighted by molar-refractivity contribution is -0.125. The van der Waals surface area contributed by atoms with Gasteiger partial charge in [-0.2, -0.15) is 0 Å². The molecule has 0 radical (unpaired) electrons. The summed E-state index contributed by atoms with van der Waals surface area (Å²) >= 11 is 0. The zero-order chi connectivity index (χ0) is 18.8. The van der Waals surface area contributed by atoms with Gasteiger partial charge in [-0.15, -0.1) is 0 Å². The van der Waals surface area contributed by atoms with E-state index in [0.29, 0.717) is 30.0 Å². The Bertz CT molecular complexity index is 833. The van der Waals surface area contributed by atoms with Crippen LogP contribution in [0.15, 0.2) is 42.5 Å². The number of aliphatic hydroxyl groups is 1. The van der Waals surface area contributed by atoms with Crippen LogP contribution in [0.3, 0.4) is 0 Å². The van der Waals surface area contributed by atoms with Gasteiger partial charge in [-0.25, -0.2) is 0 Å². The fourth-order valence-corrected chi connectivity index (χ4v) is 3.37.